The second kappa shape index (κ2) is 7.19. The van der Waals surface area contributed by atoms with Crippen LogP contribution in [0.3, 0.4) is 0 Å². The standard InChI is InChI=1S/C22H26N2O2S/c1-12-7-13(2)19(14(3)8-12)18-11-27-22(23-18)24-21(26)17-9-15-5-4-6-16(10-17)20(15)25/h7-8,11,15-17H,4-6,9-10H2,1-3H3,(H,23,24,26)/t15-,16-/m1/s1. The van der Waals surface area contributed by atoms with Gasteiger partial charge < -0.3 is 5.32 Å². The monoisotopic (exact) mass is 382 g/mol. The topological polar surface area (TPSA) is 59.1 Å². The van der Waals surface area contributed by atoms with Crippen molar-refractivity contribution in [2.75, 3.05) is 5.32 Å². The molecule has 1 heterocycles. The highest BCUT2D eigenvalue weighted by molar-refractivity contribution is 7.14. The van der Waals surface area contributed by atoms with E-state index in [1.165, 1.54) is 28.0 Å². The maximum atomic E-state index is 12.8. The molecule has 2 bridgehead atoms. The molecule has 142 valence electrons. The highest BCUT2D eigenvalue weighted by Crippen LogP contribution is 2.40. The minimum atomic E-state index is -0.0619. The van der Waals surface area contributed by atoms with Crippen molar-refractivity contribution >= 4 is 28.2 Å². The van der Waals surface area contributed by atoms with Crippen LogP contribution < -0.4 is 5.32 Å². The highest BCUT2D eigenvalue weighted by atomic mass is 32.1. The van der Waals surface area contributed by atoms with Gasteiger partial charge in [0.2, 0.25) is 5.91 Å². The first-order valence-corrected chi connectivity index (χ1v) is 10.7. The fourth-order valence-electron chi connectivity index (χ4n) is 4.93. The third-order valence-corrected chi connectivity index (χ3v) is 6.84. The lowest BCUT2D eigenvalue weighted by molar-refractivity contribution is -0.136. The molecule has 4 rings (SSSR count). The number of amides is 1. The van der Waals surface area contributed by atoms with Gasteiger partial charge in [0.15, 0.2) is 5.13 Å². The first kappa shape index (κ1) is 18.4. The second-order valence-electron chi connectivity index (χ2n) is 8.20. The van der Waals surface area contributed by atoms with E-state index in [1.807, 2.05) is 5.38 Å². The number of ketones is 1. The Morgan fingerprint density at radius 3 is 2.37 bits per heavy atom. The molecule has 2 aliphatic rings. The van der Waals surface area contributed by atoms with E-state index in [2.05, 4.69) is 43.2 Å². The number of rotatable bonds is 3. The molecule has 1 N–H and O–H groups in total. The molecular weight excluding hydrogens is 356 g/mol. The first-order chi connectivity index (χ1) is 12.9. The van der Waals surface area contributed by atoms with E-state index >= 15 is 0 Å². The van der Waals surface area contributed by atoms with E-state index in [4.69, 9.17) is 0 Å². The summed E-state index contributed by atoms with van der Waals surface area (Å²) in [5.41, 5.74) is 5.72. The molecule has 27 heavy (non-hydrogen) atoms. The van der Waals surface area contributed by atoms with Crippen LogP contribution >= 0.6 is 11.3 Å². The summed E-state index contributed by atoms with van der Waals surface area (Å²) in [7, 11) is 0. The molecule has 2 aliphatic carbocycles. The summed E-state index contributed by atoms with van der Waals surface area (Å²) in [5, 5.41) is 5.68. The fraction of sp³-hybridized carbons (Fsp3) is 0.500. The Hall–Kier alpha value is -2.01. The number of hydrogen-bond acceptors (Lipinski definition) is 4. The van der Waals surface area contributed by atoms with Crippen molar-refractivity contribution in [3.63, 3.8) is 0 Å². The lowest BCUT2D eigenvalue weighted by Crippen LogP contribution is -2.40. The normalized spacial score (nSPS) is 24.7. The molecule has 2 saturated carbocycles. The average Bonchev–Trinajstić information content (AvgIpc) is 3.01. The average molecular weight is 383 g/mol. The van der Waals surface area contributed by atoms with Gasteiger partial charge in [0.05, 0.1) is 5.69 Å². The van der Waals surface area contributed by atoms with E-state index in [-0.39, 0.29) is 23.7 Å². The van der Waals surface area contributed by atoms with Crippen molar-refractivity contribution in [2.24, 2.45) is 17.8 Å². The summed E-state index contributed by atoms with van der Waals surface area (Å²) < 4.78 is 0. The molecule has 0 spiro atoms. The number of nitrogens with zero attached hydrogens (tertiary/aromatic N) is 1. The van der Waals surface area contributed by atoms with Gasteiger partial charge in [-0.3, -0.25) is 9.59 Å². The zero-order chi connectivity index (χ0) is 19.1. The number of thiazole rings is 1. The molecule has 1 amide bonds. The van der Waals surface area contributed by atoms with E-state index in [9.17, 15) is 9.59 Å². The summed E-state index contributed by atoms with van der Waals surface area (Å²) in [6.45, 7) is 6.30. The van der Waals surface area contributed by atoms with Crippen LogP contribution in [0.2, 0.25) is 0 Å². The van der Waals surface area contributed by atoms with Crippen molar-refractivity contribution < 1.29 is 9.59 Å². The Labute approximate surface area is 164 Å². The molecular formula is C22H26N2O2S. The summed E-state index contributed by atoms with van der Waals surface area (Å²) in [6.07, 6.45) is 4.44. The predicted octanol–water partition coefficient (Wildman–Crippen LogP) is 5.07. The van der Waals surface area contributed by atoms with Gasteiger partial charge in [0.25, 0.3) is 0 Å². The number of aryl methyl sites for hydroxylation is 3. The fourth-order valence-corrected chi connectivity index (χ4v) is 5.64. The zero-order valence-corrected chi connectivity index (χ0v) is 17.0. The van der Waals surface area contributed by atoms with Crippen LogP contribution in [0, 0.1) is 38.5 Å². The Morgan fingerprint density at radius 1 is 1.11 bits per heavy atom. The Balaban J connectivity index is 1.49. The van der Waals surface area contributed by atoms with Gasteiger partial charge in [-0.15, -0.1) is 11.3 Å². The summed E-state index contributed by atoms with van der Waals surface area (Å²) >= 11 is 1.47. The third-order valence-electron chi connectivity index (χ3n) is 6.09. The van der Waals surface area contributed by atoms with Gasteiger partial charge >= 0.3 is 0 Å². The molecule has 5 heteroatoms. The van der Waals surface area contributed by atoms with Crippen molar-refractivity contribution in [1.29, 1.82) is 0 Å². The molecule has 0 aliphatic heterocycles. The minimum absolute atomic E-state index is 0.0256. The first-order valence-electron chi connectivity index (χ1n) is 9.80. The lowest BCUT2D eigenvalue weighted by Gasteiger charge is -2.36. The maximum absolute atomic E-state index is 12.8. The number of carbonyl (C=O) groups is 2. The summed E-state index contributed by atoms with van der Waals surface area (Å²) in [5.74, 6) is 0.550. The van der Waals surface area contributed by atoms with Crippen molar-refractivity contribution in [3.05, 3.63) is 34.2 Å². The molecule has 2 atom stereocenters. The van der Waals surface area contributed by atoms with Crippen LogP contribution in [-0.4, -0.2) is 16.7 Å². The van der Waals surface area contributed by atoms with E-state index in [0.717, 1.165) is 30.5 Å². The van der Waals surface area contributed by atoms with Crippen LogP contribution in [0.5, 0.6) is 0 Å². The maximum Gasteiger partial charge on any atom is 0.229 e. The predicted molar refractivity (Wildman–Crippen MR) is 109 cm³/mol. The van der Waals surface area contributed by atoms with E-state index in [0.29, 0.717) is 23.8 Å². The molecule has 0 saturated heterocycles. The molecule has 1 aromatic heterocycles. The van der Waals surface area contributed by atoms with Crippen LogP contribution in [0.15, 0.2) is 17.5 Å². The largest absolute Gasteiger partial charge is 0.302 e. The van der Waals surface area contributed by atoms with Crippen molar-refractivity contribution in [2.45, 2.75) is 52.9 Å². The lowest BCUT2D eigenvalue weighted by atomic mass is 9.67. The van der Waals surface area contributed by atoms with Gasteiger partial charge in [-0.25, -0.2) is 4.98 Å². The number of hydrogen-bond donors (Lipinski definition) is 1. The van der Waals surface area contributed by atoms with Gasteiger partial charge in [-0.1, -0.05) is 24.1 Å². The number of carbonyl (C=O) groups excluding carboxylic acids is 2. The van der Waals surface area contributed by atoms with Crippen LogP contribution in [0.25, 0.3) is 11.3 Å². The molecule has 2 aromatic rings. The van der Waals surface area contributed by atoms with E-state index < -0.39 is 0 Å². The van der Waals surface area contributed by atoms with Crippen molar-refractivity contribution in [3.8, 4) is 11.3 Å². The van der Waals surface area contributed by atoms with Gasteiger partial charge in [0, 0.05) is 28.7 Å². The van der Waals surface area contributed by atoms with Gasteiger partial charge in [0.1, 0.15) is 5.78 Å². The van der Waals surface area contributed by atoms with E-state index in [1.54, 1.807) is 0 Å². The molecule has 4 nitrogen and oxygen atoms in total. The molecule has 1 aromatic carbocycles. The minimum Gasteiger partial charge on any atom is -0.302 e. The highest BCUT2D eigenvalue weighted by Gasteiger charge is 2.41. The molecule has 2 fully saturated rings. The van der Waals surface area contributed by atoms with Crippen LogP contribution in [0.1, 0.15) is 48.8 Å². The van der Waals surface area contributed by atoms with Gasteiger partial charge in [-0.05, 0) is 57.6 Å². The quantitative estimate of drug-likeness (QED) is 0.806. The number of aromatic nitrogens is 1. The van der Waals surface area contributed by atoms with Crippen LogP contribution in [0.4, 0.5) is 5.13 Å². The second-order valence-corrected chi connectivity index (χ2v) is 9.05. The molecule has 0 unspecified atom stereocenters. The zero-order valence-electron chi connectivity index (χ0n) is 16.2. The number of benzene rings is 1. The third kappa shape index (κ3) is 3.57. The summed E-state index contributed by atoms with van der Waals surface area (Å²) in [4.78, 5) is 29.7. The molecule has 0 radical (unpaired) electrons. The van der Waals surface area contributed by atoms with Gasteiger partial charge in [-0.2, -0.15) is 0 Å². The van der Waals surface area contributed by atoms with Crippen molar-refractivity contribution in [1.82, 2.24) is 4.98 Å². The smallest absolute Gasteiger partial charge is 0.229 e. The Morgan fingerprint density at radius 2 is 1.74 bits per heavy atom. The number of Topliss-reactive ketones (excluding diaryl/α,β-unsaturated/α-hetero) is 1. The number of fused-ring (bicyclic) bond motifs is 2. The number of anilines is 1. The van der Waals surface area contributed by atoms with Crippen LogP contribution in [-0.2, 0) is 9.59 Å². The Kier molecular flexibility index (Phi) is 4.89. The summed E-state index contributed by atoms with van der Waals surface area (Å²) in [6, 6.07) is 4.33. The number of nitrogens with one attached hydrogen (secondary N) is 1. The Bertz CT molecular complexity index is 862. The SMILES string of the molecule is Cc1cc(C)c(-c2csc(NC(=O)C3C[C@H]4CCC[C@H](C3)C4=O)n2)c(C)c1.